The van der Waals surface area contributed by atoms with Crippen molar-refractivity contribution < 1.29 is 4.79 Å². The van der Waals surface area contributed by atoms with Gasteiger partial charge in [0.25, 0.3) is 0 Å². The van der Waals surface area contributed by atoms with Gasteiger partial charge in [0.1, 0.15) is 5.69 Å². The monoisotopic (exact) mass is 198 g/mol. The Balaban J connectivity index is 3.08. The summed E-state index contributed by atoms with van der Waals surface area (Å²) in [5, 5.41) is 4.27. The molecular formula is C9H11ClN2O. The van der Waals surface area contributed by atoms with Crippen LogP contribution in [0.25, 0.3) is 0 Å². The van der Waals surface area contributed by atoms with Crippen LogP contribution < -0.4 is 0 Å². The third-order valence-electron chi connectivity index (χ3n) is 1.55. The predicted molar refractivity (Wildman–Crippen MR) is 52.0 cm³/mol. The van der Waals surface area contributed by atoms with Crippen molar-refractivity contribution >= 4 is 17.4 Å². The molecule has 0 aliphatic rings. The highest BCUT2D eigenvalue weighted by atomic mass is 35.5. The van der Waals surface area contributed by atoms with Gasteiger partial charge >= 0.3 is 0 Å². The van der Waals surface area contributed by atoms with Gasteiger partial charge in [-0.1, -0.05) is 17.2 Å². The van der Waals surface area contributed by atoms with Crippen molar-refractivity contribution in [2.75, 3.05) is 0 Å². The lowest BCUT2D eigenvalue weighted by Gasteiger charge is -1.97. The molecule has 0 radical (unpaired) electrons. The molecule has 13 heavy (non-hydrogen) atoms. The van der Waals surface area contributed by atoms with E-state index >= 15 is 0 Å². The van der Waals surface area contributed by atoms with E-state index in [-0.39, 0.29) is 5.78 Å². The van der Waals surface area contributed by atoms with Crippen molar-refractivity contribution in [3.05, 3.63) is 28.6 Å². The minimum atomic E-state index is -0.106. The van der Waals surface area contributed by atoms with Crippen molar-refractivity contribution in [2.45, 2.75) is 13.8 Å². The molecule has 4 heteroatoms. The number of hydrogen-bond acceptors (Lipinski definition) is 2. The Morgan fingerprint density at radius 1 is 1.62 bits per heavy atom. The van der Waals surface area contributed by atoms with Gasteiger partial charge in [-0.25, -0.2) is 0 Å². The summed E-state index contributed by atoms with van der Waals surface area (Å²) in [7, 11) is 1.69. The van der Waals surface area contributed by atoms with E-state index in [0.29, 0.717) is 10.7 Å². The third-order valence-corrected chi connectivity index (χ3v) is 1.82. The normalized spacial score (nSPS) is 9.85. The molecule has 0 fully saturated rings. The molecule has 0 aliphatic heterocycles. The second-order valence-corrected chi connectivity index (χ2v) is 3.46. The van der Waals surface area contributed by atoms with Crippen molar-refractivity contribution in [3.8, 4) is 0 Å². The molecular weight excluding hydrogens is 188 g/mol. The molecule has 0 saturated heterocycles. The van der Waals surface area contributed by atoms with Crippen LogP contribution in [-0.4, -0.2) is 15.6 Å². The maximum atomic E-state index is 11.5. The summed E-state index contributed by atoms with van der Waals surface area (Å²) in [5.74, 6) is -0.106. The number of rotatable bonds is 2. The van der Waals surface area contributed by atoms with E-state index in [2.05, 4.69) is 5.10 Å². The highest BCUT2D eigenvalue weighted by Crippen LogP contribution is 2.15. The molecule has 1 aromatic heterocycles. The van der Waals surface area contributed by atoms with Gasteiger partial charge < -0.3 is 0 Å². The molecule has 0 aromatic carbocycles. The number of halogens is 1. The predicted octanol–water partition coefficient (Wildman–Crippen LogP) is 2.22. The van der Waals surface area contributed by atoms with Gasteiger partial charge in [0.05, 0.1) is 11.2 Å². The lowest BCUT2D eigenvalue weighted by molar-refractivity contribution is 0.103. The van der Waals surface area contributed by atoms with Gasteiger partial charge in [-0.05, 0) is 19.9 Å². The zero-order valence-corrected chi connectivity index (χ0v) is 8.59. The van der Waals surface area contributed by atoms with Crippen LogP contribution in [0.1, 0.15) is 24.3 Å². The summed E-state index contributed by atoms with van der Waals surface area (Å²) < 4.78 is 1.48. The van der Waals surface area contributed by atoms with E-state index < -0.39 is 0 Å². The number of ketones is 1. The molecule has 3 nitrogen and oxygen atoms in total. The minimum absolute atomic E-state index is 0.106. The maximum absolute atomic E-state index is 11.5. The Bertz CT molecular complexity index is 342. The summed E-state index contributed by atoms with van der Waals surface area (Å²) in [6.07, 6.45) is 3.01. The summed E-state index contributed by atoms with van der Waals surface area (Å²) in [4.78, 5) is 11.5. The summed E-state index contributed by atoms with van der Waals surface area (Å²) in [6.45, 7) is 3.73. The molecule has 0 unspecified atom stereocenters. The zero-order chi connectivity index (χ0) is 10.0. The zero-order valence-electron chi connectivity index (χ0n) is 7.84. The van der Waals surface area contributed by atoms with Crippen LogP contribution in [0.4, 0.5) is 0 Å². The van der Waals surface area contributed by atoms with Crippen LogP contribution in [-0.2, 0) is 7.05 Å². The number of nitrogens with zero attached hydrogens (tertiary/aromatic N) is 2. The summed E-state index contributed by atoms with van der Waals surface area (Å²) in [6, 6.07) is 0. The third kappa shape index (κ3) is 2.18. The van der Waals surface area contributed by atoms with Gasteiger partial charge in [0, 0.05) is 7.05 Å². The number of carbonyl (C=O) groups excluding carboxylic acids is 1. The standard InChI is InChI=1S/C9H11ClN2O/c1-6(2)4-8(13)9-7(10)5-11-12(9)3/h4-5H,1-3H3. The molecule has 0 N–H and O–H groups in total. The smallest absolute Gasteiger partial charge is 0.205 e. The van der Waals surface area contributed by atoms with Crippen LogP contribution in [0.2, 0.25) is 5.02 Å². The van der Waals surface area contributed by atoms with E-state index in [1.165, 1.54) is 10.9 Å². The summed E-state index contributed by atoms with van der Waals surface area (Å²) >= 11 is 5.79. The SMILES string of the molecule is CC(C)=CC(=O)c1c(Cl)cnn1C. The van der Waals surface area contributed by atoms with E-state index in [1.807, 2.05) is 13.8 Å². The average Bonchev–Trinajstić information content (AvgIpc) is 2.29. The Kier molecular flexibility index (Phi) is 2.88. The Morgan fingerprint density at radius 3 is 2.62 bits per heavy atom. The van der Waals surface area contributed by atoms with E-state index in [4.69, 9.17) is 11.6 Å². The minimum Gasteiger partial charge on any atom is -0.287 e. The molecule has 70 valence electrons. The molecule has 0 bridgehead atoms. The first-order valence-electron chi connectivity index (χ1n) is 3.89. The van der Waals surface area contributed by atoms with Gasteiger partial charge in [0.2, 0.25) is 5.78 Å². The fourth-order valence-electron chi connectivity index (χ4n) is 1.02. The topological polar surface area (TPSA) is 34.9 Å². The molecule has 1 aromatic rings. The lowest BCUT2D eigenvalue weighted by atomic mass is 10.2. The van der Waals surface area contributed by atoms with Gasteiger partial charge in [-0.15, -0.1) is 0 Å². The van der Waals surface area contributed by atoms with Crippen LogP contribution >= 0.6 is 11.6 Å². The number of aromatic nitrogens is 2. The number of allylic oxidation sites excluding steroid dienone is 2. The highest BCUT2D eigenvalue weighted by molar-refractivity contribution is 6.34. The van der Waals surface area contributed by atoms with E-state index in [0.717, 1.165) is 5.57 Å². The van der Waals surface area contributed by atoms with Crippen LogP contribution in [0, 0.1) is 0 Å². The summed E-state index contributed by atoms with van der Waals surface area (Å²) in [5.41, 5.74) is 1.38. The second-order valence-electron chi connectivity index (χ2n) is 3.05. The van der Waals surface area contributed by atoms with Crippen molar-refractivity contribution in [1.82, 2.24) is 9.78 Å². The average molecular weight is 199 g/mol. The quantitative estimate of drug-likeness (QED) is 0.540. The Hall–Kier alpha value is -1.09. The van der Waals surface area contributed by atoms with Gasteiger partial charge in [-0.2, -0.15) is 5.10 Å². The van der Waals surface area contributed by atoms with Crippen molar-refractivity contribution in [3.63, 3.8) is 0 Å². The van der Waals surface area contributed by atoms with E-state index in [9.17, 15) is 4.79 Å². The van der Waals surface area contributed by atoms with Gasteiger partial charge in [0.15, 0.2) is 0 Å². The largest absolute Gasteiger partial charge is 0.287 e. The molecule has 1 heterocycles. The number of aryl methyl sites for hydroxylation is 1. The van der Waals surface area contributed by atoms with Crippen LogP contribution in [0.5, 0.6) is 0 Å². The molecule has 0 saturated carbocycles. The lowest BCUT2D eigenvalue weighted by Crippen LogP contribution is -2.05. The van der Waals surface area contributed by atoms with E-state index in [1.54, 1.807) is 13.1 Å². The van der Waals surface area contributed by atoms with Gasteiger partial charge in [-0.3, -0.25) is 9.48 Å². The molecule has 0 atom stereocenters. The maximum Gasteiger partial charge on any atom is 0.205 e. The first kappa shape index (κ1) is 9.99. The molecule has 0 aliphatic carbocycles. The molecule has 0 spiro atoms. The Morgan fingerprint density at radius 2 is 2.23 bits per heavy atom. The molecule has 0 amide bonds. The van der Waals surface area contributed by atoms with Crippen LogP contribution in [0.3, 0.4) is 0 Å². The first-order chi connectivity index (χ1) is 6.02. The van der Waals surface area contributed by atoms with Crippen LogP contribution in [0.15, 0.2) is 17.8 Å². The fourth-order valence-corrected chi connectivity index (χ4v) is 1.28. The number of hydrogen-bond donors (Lipinski definition) is 0. The highest BCUT2D eigenvalue weighted by Gasteiger charge is 2.12. The molecule has 1 rings (SSSR count). The van der Waals surface area contributed by atoms with Crippen molar-refractivity contribution in [2.24, 2.45) is 7.05 Å². The first-order valence-corrected chi connectivity index (χ1v) is 4.27. The van der Waals surface area contributed by atoms with Crippen molar-refractivity contribution in [1.29, 1.82) is 0 Å². The second kappa shape index (κ2) is 3.75. The number of carbonyl (C=O) groups is 1. The fraction of sp³-hybridized carbons (Fsp3) is 0.333. The Labute approximate surface area is 82.0 Å².